The first-order chi connectivity index (χ1) is 17.8. The van der Waals surface area contributed by atoms with Crippen LogP contribution in [0.5, 0.6) is 5.75 Å². The monoisotopic (exact) mass is 557 g/mol. The Labute approximate surface area is 229 Å². The summed E-state index contributed by atoms with van der Waals surface area (Å²) < 4.78 is 5.78. The van der Waals surface area contributed by atoms with Crippen molar-refractivity contribution in [1.29, 1.82) is 0 Å². The van der Waals surface area contributed by atoms with Crippen LogP contribution in [0.3, 0.4) is 0 Å². The molecule has 0 aliphatic carbocycles. The van der Waals surface area contributed by atoms with Crippen LogP contribution in [-0.2, 0) is 9.59 Å². The van der Waals surface area contributed by atoms with Crippen LogP contribution < -0.4 is 20.3 Å². The van der Waals surface area contributed by atoms with Crippen molar-refractivity contribution in [1.82, 2.24) is 0 Å². The van der Waals surface area contributed by atoms with Crippen LogP contribution in [0.15, 0.2) is 77.5 Å². The van der Waals surface area contributed by atoms with Gasteiger partial charge >= 0.3 is 0 Å². The molecule has 0 aromatic heterocycles. The van der Waals surface area contributed by atoms with Gasteiger partial charge in [0.2, 0.25) is 0 Å². The summed E-state index contributed by atoms with van der Waals surface area (Å²) in [4.78, 5) is 39.7. The van der Waals surface area contributed by atoms with Gasteiger partial charge in [-0.25, -0.2) is 4.90 Å². The Bertz CT molecular complexity index is 1410. The summed E-state index contributed by atoms with van der Waals surface area (Å²) in [5.41, 5.74) is 1.21. The van der Waals surface area contributed by atoms with Gasteiger partial charge in [0.1, 0.15) is 16.5 Å². The number of benzene rings is 3. The maximum atomic E-state index is 13.1. The maximum Gasteiger partial charge on any atom is 0.283 e. The molecule has 0 unspecified atom stereocenters. The number of halogens is 3. The van der Waals surface area contributed by atoms with E-state index < -0.39 is 11.8 Å². The molecule has 190 valence electrons. The van der Waals surface area contributed by atoms with E-state index in [2.05, 4.69) is 17.6 Å². The van der Waals surface area contributed by atoms with Gasteiger partial charge in [-0.3, -0.25) is 14.4 Å². The lowest BCUT2D eigenvalue weighted by molar-refractivity contribution is -0.120. The van der Waals surface area contributed by atoms with Crippen LogP contribution in [0.1, 0.15) is 30.1 Å². The number of unbranched alkanes of at least 4 members (excludes halogenated alkanes) is 1. The number of carbonyl (C=O) groups is 3. The summed E-state index contributed by atoms with van der Waals surface area (Å²) in [6, 6.07) is 18.0. The zero-order valence-corrected chi connectivity index (χ0v) is 22.0. The highest BCUT2D eigenvalue weighted by molar-refractivity contribution is 6.54. The van der Waals surface area contributed by atoms with Gasteiger partial charge < -0.3 is 15.4 Å². The molecule has 1 heterocycles. The normalized spacial score (nSPS) is 13.2. The number of anilines is 3. The average Bonchev–Trinajstić information content (AvgIpc) is 3.09. The van der Waals surface area contributed by atoms with E-state index in [1.54, 1.807) is 48.5 Å². The van der Waals surface area contributed by atoms with E-state index in [-0.39, 0.29) is 27.3 Å². The van der Waals surface area contributed by atoms with Crippen LogP contribution in [0, 0.1) is 0 Å². The molecule has 0 bridgehead atoms. The van der Waals surface area contributed by atoms with Gasteiger partial charge in [-0.05, 0) is 55.0 Å². The third-order valence-electron chi connectivity index (χ3n) is 5.46. The number of carbonyl (C=O) groups excluding carboxylic acids is 3. The molecular weight excluding hydrogens is 537 g/mol. The minimum Gasteiger partial charge on any atom is -0.491 e. The van der Waals surface area contributed by atoms with E-state index in [0.717, 1.165) is 17.7 Å². The summed E-state index contributed by atoms with van der Waals surface area (Å²) in [5, 5.41) is 5.87. The molecule has 3 amide bonds. The van der Waals surface area contributed by atoms with Crippen molar-refractivity contribution in [2.45, 2.75) is 19.8 Å². The molecule has 37 heavy (non-hydrogen) atoms. The Morgan fingerprint density at radius 1 is 0.946 bits per heavy atom. The van der Waals surface area contributed by atoms with Crippen molar-refractivity contribution in [3.05, 3.63) is 93.1 Å². The van der Waals surface area contributed by atoms with Crippen molar-refractivity contribution >= 4 is 69.6 Å². The molecule has 3 aromatic rings. The second-order valence-corrected chi connectivity index (χ2v) is 9.31. The number of para-hydroxylation sites is 2. The van der Waals surface area contributed by atoms with Gasteiger partial charge in [0.25, 0.3) is 17.7 Å². The van der Waals surface area contributed by atoms with Crippen LogP contribution in [0.2, 0.25) is 10.0 Å². The number of hydrogen-bond acceptors (Lipinski definition) is 5. The number of nitrogens with one attached hydrogen (secondary N) is 2. The van der Waals surface area contributed by atoms with Gasteiger partial charge in [-0.15, -0.1) is 0 Å². The van der Waals surface area contributed by atoms with E-state index >= 15 is 0 Å². The second kappa shape index (κ2) is 11.7. The van der Waals surface area contributed by atoms with Crippen molar-refractivity contribution in [3.63, 3.8) is 0 Å². The molecule has 0 radical (unpaired) electrons. The summed E-state index contributed by atoms with van der Waals surface area (Å²) in [6.45, 7) is 2.61. The molecule has 10 heteroatoms. The van der Waals surface area contributed by atoms with Crippen molar-refractivity contribution in [2.24, 2.45) is 0 Å². The topological polar surface area (TPSA) is 87.7 Å². The SMILES string of the molecule is CCCCOc1ccccc1NC(=O)c1cccc(NC2=C(Cl)C(=O)N(c3cc(Cl)ccc3Cl)C2=O)c1. The van der Waals surface area contributed by atoms with Gasteiger partial charge in [-0.2, -0.15) is 0 Å². The largest absolute Gasteiger partial charge is 0.491 e. The Balaban J connectivity index is 1.52. The van der Waals surface area contributed by atoms with E-state index in [1.165, 1.54) is 12.1 Å². The zero-order valence-electron chi connectivity index (χ0n) is 19.7. The number of hydrogen-bond donors (Lipinski definition) is 2. The highest BCUT2D eigenvalue weighted by Gasteiger charge is 2.40. The number of imide groups is 1. The first-order valence-electron chi connectivity index (χ1n) is 11.4. The minimum absolute atomic E-state index is 0.118. The second-order valence-electron chi connectivity index (χ2n) is 8.09. The molecule has 4 rings (SSSR count). The smallest absolute Gasteiger partial charge is 0.283 e. The Morgan fingerprint density at radius 3 is 2.51 bits per heavy atom. The van der Waals surface area contributed by atoms with E-state index in [1.807, 2.05) is 6.07 Å². The molecule has 1 aliphatic heterocycles. The summed E-state index contributed by atoms with van der Waals surface area (Å²) in [7, 11) is 0. The molecule has 7 nitrogen and oxygen atoms in total. The highest BCUT2D eigenvalue weighted by Crippen LogP contribution is 2.36. The van der Waals surface area contributed by atoms with E-state index in [0.29, 0.717) is 34.3 Å². The third kappa shape index (κ3) is 5.91. The standard InChI is InChI=1S/C27H22Cl3N3O4/c1-2-3-13-37-22-10-5-4-9-20(22)32-25(34)16-7-6-8-18(14-16)31-24-23(30)26(35)33(27(24)36)21-15-17(28)11-12-19(21)29/h4-12,14-15,31H,2-3,13H2,1H3,(H,32,34). The molecule has 0 fully saturated rings. The van der Waals surface area contributed by atoms with Gasteiger partial charge in [0.15, 0.2) is 0 Å². The van der Waals surface area contributed by atoms with Gasteiger partial charge in [0, 0.05) is 16.3 Å². The van der Waals surface area contributed by atoms with Crippen LogP contribution in [0.25, 0.3) is 0 Å². The van der Waals surface area contributed by atoms with Crippen LogP contribution in [-0.4, -0.2) is 24.3 Å². The fraction of sp³-hybridized carbons (Fsp3) is 0.148. The predicted molar refractivity (Wildman–Crippen MR) is 147 cm³/mol. The molecule has 0 saturated heterocycles. The highest BCUT2D eigenvalue weighted by atomic mass is 35.5. The first-order valence-corrected chi connectivity index (χ1v) is 12.6. The number of ether oxygens (including phenoxy) is 1. The molecule has 0 atom stereocenters. The number of rotatable bonds is 9. The average molecular weight is 559 g/mol. The lowest BCUT2D eigenvalue weighted by Crippen LogP contribution is -2.32. The Kier molecular flexibility index (Phi) is 8.38. The lowest BCUT2D eigenvalue weighted by Gasteiger charge is -2.17. The molecule has 0 spiro atoms. The minimum atomic E-state index is -0.744. The fourth-order valence-corrected chi connectivity index (χ4v) is 4.17. The quantitative estimate of drug-likeness (QED) is 0.221. The molecule has 0 saturated carbocycles. The maximum absolute atomic E-state index is 13.1. The van der Waals surface area contributed by atoms with E-state index in [4.69, 9.17) is 39.5 Å². The van der Waals surface area contributed by atoms with Crippen molar-refractivity contribution in [3.8, 4) is 5.75 Å². The fourth-order valence-electron chi connectivity index (χ4n) is 3.59. The predicted octanol–water partition coefficient (Wildman–Crippen LogP) is 6.86. The van der Waals surface area contributed by atoms with Crippen LogP contribution in [0.4, 0.5) is 17.1 Å². The third-order valence-corrected chi connectivity index (χ3v) is 6.37. The van der Waals surface area contributed by atoms with Crippen molar-refractivity contribution in [2.75, 3.05) is 22.1 Å². The van der Waals surface area contributed by atoms with Gasteiger partial charge in [-0.1, -0.05) is 66.3 Å². The van der Waals surface area contributed by atoms with Crippen molar-refractivity contribution < 1.29 is 19.1 Å². The molecule has 3 aromatic carbocycles. The summed E-state index contributed by atoms with van der Waals surface area (Å²) >= 11 is 18.4. The Hall–Kier alpha value is -3.52. The first kappa shape index (κ1) is 26.5. The lowest BCUT2D eigenvalue weighted by atomic mass is 10.1. The molecule has 2 N–H and O–H groups in total. The van der Waals surface area contributed by atoms with E-state index in [9.17, 15) is 14.4 Å². The van der Waals surface area contributed by atoms with Crippen LogP contribution >= 0.6 is 34.8 Å². The van der Waals surface area contributed by atoms with Gasteiger partial charge in [0.05, 0.1) is 23.0 Å². The number of nitrogens with zero attached hydrogens (tertiary/aromatic N) is 1. The molecule has 1 aliphatic rings. The summed E-state index contributed by atoms with van der Waals surface area (Å²) in [6.07, 6.45) is 1.89. The molecular formula is C27H22Cl3N3O4. The number of amides is 3. The summed E-state index contributed by atoms with van der Waals surface area (Å²) in [5.74, 6) is -1.25. The zero-order chi connectivity index (χ0) is 26.5. The Morgan fingerprint density at radius 2 is 1.73 bits per heavy atom.